The summed E-state index contributed by atoms with van der Waals surface area (Å²) in [6.45, 7) is 2.91. The highest BCUT2D eigenvalue weighted by Crippen LogP contribution is 2.24. The van der Waals surface area contributed by atoms with Gasteiger partial charge in [-0.05, 0) is 43.3 Å². The van der Waals surface area contributed by atoms with Gasteiger partial charge in [0.1, 0.15) is 17.3 Å². The molecule has 0 saturated carbocycles. The number of hydrogen-bond acceptors (Lipinski definition) is 7. The summed E-state index contributed by atoms with van der Waals surface area (Å²) in [7, 11) is 0. The van der Waals surface area contributed by atoms with E-state index in [0.717, 1.165) is 22.9 Å². The Balaban J connectivity index is 1.66. The third kappa shape index (κ3) is 3.45. The molecule has 0 radical (unpaired) electrons. The van der Waals surface area contributed by atoms with Gasteiger partial charge in [-0.1, -0.05) is 5.16 Å². The van der Waals surface area contributed by atoms with Crippen LogP contribution in [0.2, 0.25) is 0 Å². The summed E-state index contributed by atoms with van der Waals surface area (Å²) < 4.78 is 16.2. The lowest BCUT2D eigenvalue weighted by Gasteiger charge is -2.21. The van der Waals surface area contributed by atoms with Crippen molar-refractivity contribution in [2.75, 3.05) is 4.90 Å². The zero-order valence-electron chi connectivity index (χ0n) is 13.6. The van der Waals surface area contributed by atoms with E-state index in [4.69, 9.17) is 13.4 Å². The van der Waals surface area contributed by atoms with Crippen LogP contribution < -0.4 is 4.90 Å². The van der Waals surface area contributed by atoms with Crippen molar-refractivity contribution in [1.82, 2.24) is 15.1 Å². The second kappa shape index (κ2) is 6.64. The summed E-state index contributed by atoms with van der Waals surface area (Å²) in [4.78, 5) is 10.8. The lowest BCUT2D eigenvalue weighted by Crippen LogP contribution is -2.22. The summed E-state index contributed by atoms with van der Waals surface area (Å²) in [5.41, 5.74) is 0.814. The molecule has 25 heavy (non-hydrogen) atoms. The molecule has 4 heterocycles. The number of nitrogens with zero attached hydrogens (tertiary/aromatic N) is 4. The summed E-state index contributed by atoms with van der Waals surface area (Å²) in [6, 6.07) is 11.4. The number of anilines is 1. The van der Waals surface area contributed by atoms with Crippen molar-refractivity contribution in [3.05, 3.63) is 72.5 Å². The van der Waals surface area contributed by atoms with E-state index in [0.29, 0.717) is 24.8 Å². The van der Waals surface area contributed by atoms with Gasteiger partial charge in [0.05, 0.1) is 25.6 Å². The van der Waals surface area contributed by atoms with Crippen LogP contribution in [-0.4, -0.2) is 15.1 Å². The molecular formula is C18H16N4O3. The van der Waals surface area contributed by atoms with Crippen molar-refractivity contribution in [3.63, 3.8) is 0 Å². The average molecular weight is 336 g/mol. The fraction of sp³-hybridized carbons (Fsp3) is 0.167. The Bertz CT molecular complexity index is 893. The molecule has 0 aliphatic rings. The third-order valence-corrected chi connectivity index (χ3v) is 3.70. The van der Waals surface area contributed by atoms with Crippen LogP contribution in [0.1, 0.15) is 17.3 Å². The normalized spacial score (nSPS) is 10.9. The Morgan fingerprint density at radius 2 is 1.72 bits per heavy atom. The Morgan fingerprint density at radius 3 is 2.28 bits per heavy atom. The van der Waals surface area contributed by atoms with E-state index < -0.39 is 0 Å². The minimum Gasteiger partial charge on any atom is -0.467 e. The molecule has 0 unspecified atom stereocenters. The first-order chi connectivity index (χ1) is 12.3. The van der Waals surface area contributed by atoms with Gasteiger partial charge in [0.2, 0.25) is 0 Å². The molecule has 4 aromatic rings. The molecule has 0 fully saturated rings. The van der Waals surface area contributed by atoms with Crippen molar-refractivity contribution >= 4 is 5.82 Å². The van der Waals surface area contributed by atoms with E-state index in [1.54, 1.807) is 25.6 Å². The van der Waals surface area contributed by atoms with E-state index in [-0.39, 0.29) is 0 Å². The van der Waals surface area contributed by atoms with Gasteiger partial charge in [-0.3, -0.25) is 0 Å². The fourth-order valence-corrected chi connectivity index (χ4v) is 2.54. The molecule has 7 nitrogen and oxygen atoms in total. The molecule has 0 atom stereocenters. The smallest absolute Gasteiger partial charge is 0.258 e. The van der Waals surface area contributed by atoms with Crippen molar-refractivity contribution in [2.45, 2.75) is 20.0 Å². The fourth-order valence-electron chi connectivity index (χ4n) is 2.54. The van der Waals surface area contributed by atoms with Crippen molar-refractivity contribution in [2.24, 2.45) is 0 Å². The number of rotatable bonds is 6. The molecule has 0 aromatic carbocycles. The first-order valence-electron chi connectivity index (χ1n) is 7.84. The van der Waals surface area contributed by atoms with Gasteiger partial charge in [0.25, 0.3) is 5.89 Å². The van der Waals surface area contributed by atoms with Gasteiger partial charge in [0.15, 0.2) is 5.82 Å². The highest BCUT2D eigenvalue weighted by molar-refractivity contribution is 5.58. The van der Waals surface area contributed by atoms with Crippen LogP contribution in [0.5, 0.6) is 0 Å². The zero-order chi connectivity index (χ0) is 17.1. The Labute approximate surface area is 143 Å². The van der Waals surface area contributed by atoms with Crippen LogP contribution in [0.3, 0.4) is 0 Å². The topological polar surface area (TPSA) is 81.3 Å². The minimum atomic E-state index is 0.470. The standard InChI is InChI=1S/C18H16N4O3/c1-13-20-18(25-21-13)14-6-7-19-17(10-14)22(11-15-4-2-8-23-15)12-16-5-3-9-24-16/h2-10H,11-12H2,1H3. The first kappa shape index (κ1) is 15.2. The van der Waals surface area contributed by atoms with Crippen LogP contribution in [0.25, 0.3) is 11.5 Å². The molecular weight excluding hydrogens is 320 g/mol. The molecule has 4 rings (SSSR count). The lowest BCUT2D eigenvalue weighted by molar-refractivity contribution is 0.425. The van der Waals surface area contributed by atoms with E-state index >= 15 is 0 Å². The molecule has 4 aromatic heterocycles. The molecule has 0 aliphatic carbocycles. The van der Waals surface area contributed by atoms with Gasteiger partial charge in [-0.25, -0.2) is 4.98 Å². The summed E-state index contributed by atoms with van der Waals surface area (Å²) in [5, 5.41) is 3.84. The molecule has 0 spiro atoms. The van der Waals surface area contributed by atoms with Crippen LogP contribution >= 0.6 is 0 Å². The first-order valence-corrected chi connectivity index (χ1v) is 7.84. The molecule has 0 N–H and O–H groups in total. The van der Waals surface area contributed by atoms with Gasteiger partial charge < -0.3 is 18.3 Å². The Morgan fingerprint density at radius 1 is 1.00 bits per heavy atom. The largest absolute Gasteiger partial charge is 0.467 e. The van der Waals surface area contributed by atoms with Crippen molar-refractivity contribution in [3.8, 4) is 11.5 Å². The Hall–Kier alpha value is -3.35. The predicted molar refractivity (Wildman–Crippen MR) is 89.6 cm³/mol. The second-order valence-electron chi connectivity index (χ2n) is 5.56. The van der Waals surface area contributed by atoms with Crippen LogP contribution in [0.15, 0.2) is 68.5 Å². The van der Waals surface area contributed by atoms with Crippen LogP contribution in [0.4, 0.5) is 5.82 Å². The van der Waals surface area contributed by atoms with Crippen LogP contribution in [-0.2, 0) is 13.1 Å². The molecule has 0 saturated heterocycles. The maximum absolute atomic E-state index is 5.48. The monoisotopic (exact) mass is 336 g/mol. The summed E-state index contributed by atoms with van der Waals surface area (Å²) >= 11 is 0. The minimum absolute atomic E-state index is 0.470. The summed E-state index contributed by atoms with van der Waals surface area (Å²) in [6.07, 6.45) is 5.04. The summed E-state index contributed by atoms with van der Waals surface area (Å²) in [5.74, 6) is 3.51. The molecule has 0 amide bonds. The van der Waals surface area contributed by atoms with Crippen molar-refractivity contribution < 1.29 is 13.4 Å². The highest BCUT2D eigenvalue weighted by atomic mass is 16.5. The number of aryl methyl sites for hydroxylation is 1. The average Bonchev–Trinajstić information content (AvgIpc) is 3.37. The van der Waals surface area contributed by atoms with Gasteiger partial charge >= 0.3 is 0 Å². The van der Waals surface area contributed by atoms with E-state index in [9.17, 15) is 0 Å². The van der Waals surface area contributed by atoms with Gasteiger partial charge in [-0.2, -0.15) is 4.98 Å². The maximum Gasteiger partial charge on any atom is 0.258 e. The van der Waals surface area contributed by atoms with E-state index in [1.807, 2.05) is 36.4 Å². The zero-order valence-corrected chi connectivity index (χ0v) is 13.6. The number of hydrogen-bond donors (Lipinski definition) is 0. The lowest BCUT2D eigenvalue weighted by atomic mass is 10.2. The molecule has 7 heteroatoms. The second-order valence-corrected chi connectivity index (χ2v) is 5.56. The molecule has 0 aliphatic heterocycles. The number of furan rings is 2. The van der Waals surface area contributed by atoms with E-state index in [1.165, 1.54) is 0 Å². The Kier molecular flexibility index (Phi) is 4.04. The third-order valence-electron chi connectivity index (χ3n) is 3.70. The molecule has 0 bridgehead atoms. The SMILES string of the molecule is Cc1noc(-c2ccnc(N(Cc3ccco3)Cc3ccco3)c2)n1. The maximum atomic E-state index is 5.48. The number of aromatic nitrogens is 3. The predicted octanol–water partition coefficient (Wildman–Crippen LogP) is 3.83. The highest BCUT2D eigenvalue weighted by Gasteiger charge is 2.15. The van der Waals surface area contributed by atoms with Gasteiger partial charge in [-0.15, -0.1) is 0 Å². The molecule has 126 valence electrons. The van der Waals surface area contributed by atoms with E-state index in [2.05, 4.69) is 20.0 Å². The quantitative estimate of drug-likeness (QED) is 0.529. The van der Waals surface area contributed by atoms with Crippen molar-refractivity contribution in [1.29, 1.82) is 0 Å². The van der Waals surface area contributed by atoms with Gasteiger partial charge in [0, 0.05) is 11.8 Å². The number of pyridine rings is 1. The van der Waals surface area contributed by atoms with Crippen LogP contribution in [0, 0.1) is 6.92 Å².